The summed E-state index contributed by atoms with van der Waals surface area (Å²) in [5.41, 5.74) is 2.79. The Morgan fingerprint density at radius 2 is 1.88 bits per heavy atom. The summed E-state index contributed by atoms with van der Waals surface area (Å²) < 4.78 is 5.33. The van der Waals surface area contributed by atoms with Crippen molar-refractivity contribution in [1.29, 1.82) is 0 Å². The molecule has 5 heteroatoms. The van der Waals surface area contributed by atoms with Crippen LogP contribution >= 0.6 is 11.8 Å². The first-order valence-electron chi connectivity index (χ1n) is 8.16. The number of ketones is 1. The molecule has 1 N–H and O–H groups in total. The Bertz CT molecular complexity index is 716. The lowest BCUT2D eigenvalue weighted by Gasteiger charge is -2.10. The molecule has 0 spiro atoms. The minimum absolute atomic E-state index is 0.0163. The highest BCUT2D eigenvalue weighted by Crippen LogP contribution is 2.24. The molecule has 0 aliphatic carbocycles. The standard InChI is InChI=1S/C20H23NO3S/c1-15(22)17-8-9-19(24-2)18(12-17)13-25-14-20(23)21-11-10-16-6-4-3-5-7-16/h3-9,12H,10-11,13-14H2,1-2H3,(H,21,23). The first-order valence-corrected chi connectivity index (χ1v) is 9.32. The van der Waals surface area contributed by atoms with E-state index in [-0.39, 0.29) is 11.7 Å². The number of hydrogen-bond acceptors (Lipinski definition) is 4. The summed E-state index contributed by atoms with van der Waals surface area (Å²) in [5.74, 6) is 1.77. The summed E-state index contributed by atoms with van der Waals surface area (Å²) in [7, 11) is 1.60. The molecule has 0 fully saturated rings. The normalized spacial score (nSPS) is 10.3. The van der Waals surface area contributed by atoms with Gasteiger partial charge in [-0.2, -0.15) is 0 Å². The molecule has 0 aromatic heterocycles. The maximum Gasteiger partial charge on any atom is 0.230 e. The molecule has 0 heterocycles. The molecule has 2 rings (SSSR count). The number of rotatable bonds is 9. The molecule has 2 aromatic rings. The van der Waals surface area contributed by atoms with Gasteiger partial charge in [0.2, 0.25) is 5.91 Å². The van der Waals surface area contributed by atoms with Crippen LogP contribution in [-0.2, 0) is 17.0 Å². The van der Waals surface area contributed by atoms with E-state index < -0.39 is 0 Å². The van der Waals surface area contributed by atoms with Crippen molar-refractivity contribution in [2.24, 2.45) is 0 Å². The van der Waals surface area contributed by atoms with Gasteiger partial charge in [0.25, 0.3) is 0 Å². The molecule has 0 saturated carbocycles. The average molecular weight is 357 g/mol. The van der Waals surface area contributed by atoms with Crippen molar-refractivity contribution in [2.45, 2.75) is 19.1 Å². The molecule has 0 radical (unpaired) electrons. The lowest BCUT2D eigenvalue weighted by molar-refractivity contribution is -0.118. The van der Waals surface area contributed by atoms with Crippen LogP contribution in [0.3, 0.4) is 0 Å². The molecule has 0 aliphatic heterocycles. The highest BCUT2D eigenvalue weighted by molar-refractivity contribution is 7.99. The van der Waals surface area contributed by atoms with Gasteiger partial charge in [0.05, 0.1) is 12.9 Å². The fraction of sp³-hybridized carbons (Fsp3) is 0.300. The molecule has 0 atom stereocenters. The van der Waals surface area contributed by atoms with Crippen molar-refractivity contribution < 1.29 is 14.3 Å². The summed E-state index contributed by atoms with van der Waals surface area (Å²) in [4.78, 5) is 23.4. The second-order valence-corrected chi connectivity index (χ2v) is 6.65. The number of benzene rings is 2. The van der Waals surface area contributed by atoms with Gasteiger partial charge in [0.15, 0.2) is 5.78 Å². The Morgan fingerprint density at radius 3 is 2.56 bits per heavy atom. The van der Waals surface area contributed by atoms with Crippen molar-refractivity contribution in [3.63, 3.8) is 0 Å². The highest BCUT2D eigenvalue weighted by atomic mass is 32.2. The molecular weight excluding hydrogens is 334 g/mol. The average Bonchev–Trinajstić information content (AvgIpc) is 2.62. The summed E-state index contributed by atoms with van der Waals surface area (Å²) in [5, 5.41) is 2.93. The quantitative estimate of drug-likeness (QED) is 0.698. The molecule has 0 bridgehead atoms. The van der Waals surface area contributed by atoms with E-state index in [2.05, 4.69) is 17.4 Å². The number of hydrogen-bond donors (Lipinski definition) is 1. The van der Waals surface area contributed by atoms with Gasteiger partial charge in [-0.25, -0.2) is 0 Å². The van der Waals surface area contributed by atoms with Crippen LogP contribution in [0.15, 0.2) is 48.5 Å². The lowest BCUT2D eigenvalue weighted by Crippen LogP contribution is -2.27. The van der Waals surface area contributed by atoms with Crippen LogP contribution in [-0.4, -0.2) is 31.1 Å². The first-order chi connectivity index (χ1) is 12.1. The van der Waals surface area contributed by atoms with E-state index in [1.165, 1.54) is 17.3 Å². The third-order valence-corrected chi connectivity index (χ3v) is 4.74. The molecule has 2 aromatic carbocycles. The molecule has 132 valence electrons. The zero-order valence-corrected chi connectivity index (χ0v) is 15.4. The van der Waals surface area contributed by atoms with Gasteiger partial charge in [-0.15, -0.1) is 11.8 Å². The van der Waals surface area contributed by atoms with Crippen LogP contribution in [0.4, 0.5) is 0 Å². The molecule has 4 nitrogen and oxygen atoms in total. The van der Waals surface area contributed by atoms with Gasteiger partial charge in [0.1, 0.15) is 5.75 Å². The topological polar surface area (TPSA) is 55.4 Å². The lowest BCUT2D eigenvalue weighted by atomic mass is 10.1. The number of ether oxygens (including phenoxy) is 1. The predicted molar refractivity (Wildman–Crippen MR) is 102 cm³/mol. The van der Waals surface area contributed by atoms with E-state index in [0.717, 1.165) is 17.7 Å². The first kappa shape index (κ1) is 19.1. The minimum Gasteiger partial charge on any atom is -0.496 e. The minimum atomic E-state index is 0.0163. The van der Waals surface area contributed by atoms with Crippen molar-refractivity contribution >= 4 is 23.5 Å². The highest BCUT2D eigenvalue weighted by Gasteiger charge is 2.09. The van der Waals surface area contributed by atoms with Crippen molar-refractivity contribution in [2.75, 3.05) is 19.4 Å². The number of methoxy groups -OCH3 is 1. The van der Waals surface area contributed by atoms with E-state index in [1.54, 1.807) is 26.2 Å². The SMILES string of the molecule is COc1ccc(C(C)=O)cc1CSCC(=O)NCCc1ccccc1. The Kier molecular flexibility index (Phi) is 7.54. The monoisotopic (exact) mass is 357 g/mol. The Labute approximate surface area is 153 Å². The number of thioether (sulfide) groups is 1. The van der Waals surface area contributed by atoms with Crippen LogP contribution in [0.25, 0.3) is 0 Å². The number of Topliss-reactive ketones (excluding diaryl/α,β-unsaturated/α-hetero) is 1. The van der Waals surface area contributed by atoms with Crippen molar-refractivity contribution in [1.82, 2.24) is 5.32 Å². The van der Waals surface area contributed by atoms with Crippen LogP contribution in [0.2, 0.25) is 0 Å². The predicted octanol–water partition coefficient (Wildman–Crippen LogP) is 3.49. The van der Waals surface area contributed by atoms with Crippen LogP contribution in [0.1, 0.15) is 28.4 Å². The Balaban J connectivity index is 1.77. The molecule has 1 amide bonds. The Hall–Kier alpha value is -2.27. The second kappa shape index (κ2) is 9.89. The van der Waals surface area contributed by atoms with E-state index in [0.29, 0.717) is 23.6 Å². The van der Waals surface area contributed by atoms with Gasteiger partial charge in [-0.05, 0) is 37.1 Å². The van der Waals surface area contributed by atoms with Crippen LogP contribution in [0, 0.1) is 0 Å². The molecule has 0 aliphatic rings. The second-order valence-electron chi connectivity index (χ2n) is 5.66. The van der Waals surface area contributed by atoms with E-state index in [9.17, 15) is 9.59 Å². The van der Waals surface area contributed by atoms with Gasteiger partial charge < -0.3 is 10.1 Å². The van der Waals surface area contributed by atoms with E-state index >= 15 is 0 Å². The Morgan fingerprint density at radius 1 is 1.12 bits per heavy atom. The van der Waals surface area contributed by atoms with Gasteiger partial charge in [-0.3, -0.25) is 9.59 Å². The van der Waals surface area contributed by atoms with E-state index in [1.807, 2.05) is 24.3 Å². The summed E-state index contributed by atoms with van der Waals surface area (Å²) in [6.45, 7) is 2.17. The number of carbonyl (C=O) groups is 2. The number of amides is 1. The third kappa shape index (κ3) is 6.27. The van der Waals surface area contributed by atoms with Crippen molar-refractivity contribution in [3.8, 4) is 5.75 Å². The van der Waals surface area contributed by atoms with Gasteiger partial charge in [-0.1, -0.05) is 30.3 Å². The summed E-state index contributed by atoms with van der Waals surface area (Å²) >= 11 is 1.51. The molecular formula is C20H23NO3S. The van der Waals surface area contributed by atoms with Crippen molar-refractivity contribution in [3.05, 3.63) is 65.2 Å². The summed E-state index contributed by atoms with van der Waals surface area (Å²) in [6.07, 6.45) is 0.825. The van der Waals surface area contributed by atoms with Crippen LogP contribution in [0.5, 0.6) is 5.75 Å². The fourth-order valence-corrected chi connectivity index (χ4v) is 3.24. The summed E-state index contributed by atoms with van der Waals surface area (Å²) in [6, 6.07) is 15.5. The fourth-order valence-electron chi connectivity index (χ4n) is 2.41. The molecule has 0 saturated heterocycles. The van der Waals surface area contributed by atoms with Crippen LogP contribution < -0.4 is 10.1 Å². The maximum absolute atomic E-state index is 11.9. The molecule has 0 unspecified atom stereocenters. The maximum atomic E-state index is 11.9. The van der Waals surface area contributed by atoms with Gasteiger partial charge >= 0.3 is 0 Å². The smallest absolute Gasteiger partial charge is 0.230 e. The zero-order chi connectivity index (χ0) is 18.1. The molecule has 25 heavy (non-hydrogen) atoms. The zero-order valence-electron chi connectivity index (χ0n) is 14.6. The van der Waals surface area contributed by atoms with E-state index in [4.69, 9.17) is 4.74 Å². The van der Waals surface area contributed by atoms with Gasteiger partial charge in [0, 0.05) is 23.4 Å². The number of carbonyl (C=O) groups excluding carboxylic acids is 2. The largest absolute Gasteiger partial charge is 0.496 e. The number of nitrogens with one attached hydrogen (secondary N) is 1. The third-order valence-electron chi connectivity index (χ3n) is 3.76.